The Hall–Kier alpha value is -1.15. The van der Waals surface area contributed by atoms with Crippen molar-refractivity contribution < 1.29 is 4.39 Å². The number of alkyl halides is 1. The molecule has 2 heteroatoms. The third-order valence-corrected chi connectivity index (χ3v) is 3.61. The lowest BCUT2D eigenvalue weighted by atomic mass is 10.0. The van der Waals surface area contributed by atoms with Crippen molar-refractivity contribution in [1.82, 2.24) is 0 Å². The molecule has 0 radical (unpaired) electrons. The van der Waals surface area contributed by atoms with Crippen molar-refractivity contribution >= 4 is 15.9 Å². The van der Waals surface area contributed by atoms with Gasteiger partial charge in [0.05, 0.1) is 0 Å². The molecule has 0 saturated heterocycles. The van der Waals surface area contributed by atoms with E-state index in [1.165, 1.54) is 17.2 Å². The predicted octanol–water partition coefficient (Wildman–Crippen LogP) is 4.81. The maximum absolute atomic E-state index is 13.5. The summed E-state index contributed by atoms with van der Waals surface area (Å²) in [7, 11) is 0. The monoisotopic (exact) mass is 292 g/mol. The lowest BCUT2D eigenvalue weighted by Gasteiger charge is -2.11. The van der Waals surface area contributed by atoms with Gasteiger partial charge < -0.3 is 0 Å². The second-order valence-corrected chi connectivity index (χ2v) is 5.28. The molecule has 0 amide bonds. The van der Waals surface area contributed by atoms with Crippen LogP contribution in [-0.4, -0.2) is 0 Å². The molecule has 1 atom stereocenters. The van der Waals surface area contributed by atoms with Crippen LogP contribution in [0.15, 0.2) is 48.5 Å². The van der Waals surface area contributed by atoms with Gasteiger partial charge in [-0.3, -0.25) is 0 Å². The van der Waals surface area contributed by atoms with Crippen LogP contribution in [-0.2, 0) is 6.42 Å². The molecule has 1 unspecified atom stereocenters. The van der Waals surface area contributed by atoms with Crippen molar-refractivity contribution in [3.05, 3.63) is 71.0 Å². The van der Waals surface area contributed by atoms with E-state index in [0.29, 0.717) is 6.42 Å². The summed E-state index contributed by atoms with van der Waals surface area (Å²) in [6.45, 7) is 2.06. The van der Waals surface area contributed by atoms with Crippen molar-refractivity contribution in [2.45, 2.75) is 18.2 Å². The predicted molar refractivity (Wildman–Crippen MR) is 73.0 cm³/mol. The fourth-order valence-electron chi connectivity index (χ4n) is 1.84. The fourth-order valence-corrected chi connectivity index (χ4v) is 2.47. The molecule has 0 aromatic heterocycles. The molecule has 0 nitrogen and oxygen atoms in total. The lowest BCUT2D eigenvalue weighted by Crippen LogP contribution is -1.98. The highest BCUT2D eigenvalue weighted by molar-refractivity contribution is 9.09. The molecular formula is C15H14BrF. The van der Waals surface area contributed by atoms with E-state index >= 15 is 0 Å². The highest BCUT2D eigenvalue weighted by Crippen LogP contribution is 2.28. The molecule has 0 aliphatic rings. The molecule has 0 heterocycles. The van der Waals surface area contributed by atoms with Gasteiger partial charge in [-0.2, -0.15) is 0 Å². The van der Waals surface area contributed by atoms with Crippen LogP contribution in [0.1, 0.15) is 21.5 Å². The molecule has 0 N–H and O–H groups in total. The molecule has 0 bridgehead atoms. The van der Waals surface area contributed by atoms with Gasteiger partial charge in [-0.15, -0.1) is 0 Å². The van der Waals surface area contributed by atoms with E-state index in [1.807, 2.05) is 18.2 Å². The average molecular weight is 293 g/mol. The quantitative estimate of drug-likeness (QED) is 0.712. The molecule has 0 spiro atoms. The molecule has 0 fully saturated rings. The minimum atomic E-state index is -0.135. The van der Waals surface area contributed by atoms with Crippen LogP contribution in [0.25, 0.3) is 0 Å². The van der Waals surface area contributed by atoms with Crippen LogP contribution in [0, 0.1) is 12.7 Å². The first-order valence-corrected chi connectivity index (χ1v) is 6.52. The maximum Gasteiger partial charge on any atom is 0.126 e. The SMILES string of the molecule is Cc1cccc(C(Br)Cc2ccccc2F)c1. The molecule has 2 aromatic carbocycles. The third kappa shape index (κ3) is 3.16. The van der Waals surface area contributed by atoms with E-state index in [-0.39, 0.29) is 10.6 Å². The van der Waals surface area contributed by atoms with Crippen molar-refractivity contribution in [2.24, 2.45) is 0 Å². The smallest absolute Gasteiger partial charge is 0.126 e. The summed E-state index contributed by atoms with van der Waals surface area (Å²) < 4.78 is 13.5. The molecule has 0 aliphatic carbocycles. The van der Waals surface area contributed by atoms with Crippen LogP contribution in [0.4, 0.5) is 4.39 Å². The van der Waals surface area contributed by atoms with E-state index < -0.39 is 0 Å². The first-order chi connectivity index (χ1) is 8.16. The molecule has 88 valence electrons. The minimum Gasteiger partial charge on any atom is -0.207 e. The van der Waals surface area contributed by atoms with Crippen molar-refractivity contribution in [1.29, 1.82) is 0 Å². The van der Waals surface area contributed by atoms with Gasteiger partial charge in [0.2, 0.25) is 0 Å². The Kier molecular flexibility index (Phi) is 3.95. The van der Waals surface area contributed by atoms with Gasteiger partial charge >= 0.3 is 0 Å². The molecule has 0 aliphatic heterocycles. The zero-order valence-corrected chi connectivity index (χ0v) is 11.2. The zero-order chi connectivity index (χ0) is 12.3. The lowest BCUT2D eigenvalue weighted by molar-refractivity contribution is 0.608. The second-order valence-electron chi connectivity index (χ2n) is 4.18. The summed E-state index contributed by atoms with van der Waals surface area (Å²) in [5.41, 5.74) is 3.16. The highest BCUT2D eigenvalue weighted by atomic mass is 79.9. The maximum atomic E-state index is 13.5. The number of halogens is 2. The van der Waals surface area contributed by atoms with E-state index in [1.54, 1.807) is 6.07 Å². The minimum absolute atomic E-state index is 0.135. The molecular weight excluding hydrogens is 279 g/mol. The Morgan fingerprint density at radius 1 is 1.12 bits per heavy atom. The van der Waals surface area contributed by atoms with Gasteiger partial charge in [-0.25, -0.2) is 4.39 Å². The standard InChI is InChI=1S/C15H14BrF/c1-11-5-4-7-12(9-11)14(16)10-13-6-2-3-8-15(13)17/h2-9,14H,10H2,1H3. The van der Waals surface area contributed by atoms with Crippen molar-refractivity contribution in [3.8, 4) is 0 Å². The Labute approximate surface area is 110 Å². The summed E-state index contributed by atoms with van der Waals surface area (Å²) in [5.74, 6) is -0.135. The number of rotatable bonds is 3. The van der Waals surface area contributed by atoms with Gasteiger partial charge in [0.1, 0.15) is 5.82 Å². The first-order valence-electron chi connectivity index (χ1n) is 5.61. The van der Waals surface area contributed by atoms with Crippen LogP contribution < -0.4 is 0 Å². The highest BCUT2D eigenvalue weighted by Gasteiger charge is 2.11. The van der Waals surface area contributed by atoms with E-state index in [9.17, 15) is 4.39 Å². The Morgan fingerprint density at radius 3 is 2.59 bits per heavy atom. The van der Waals surface area contributed by atoms with Gasteiger partial charge in [-0.05, 0) is 30.5 Å². The van der Waals surface area contributed by atoms with Crippen LogP contribution in [0.5, 0.6) is 0 Å². The van der Waals surface area contributed by atoms with Gasteiger partial charge in [-0.1, -0.05) is 64.0 Å². The van der Waals surface area contributed by atoms with E-state index in [0.717, 1.165) is 5.56 Å². The molecule has 2 rings (SSSR count). The zero-order valence-electron chi connectivity index (χ0n) is 9.66. The van der Waals surface area contributed by atoms with Crippen molar-refractivity contribution in [2.75, 3.05) is 0 Å². The Bertz CT molecular complexity index is 508. The van der Waals surface area contributed by atoms with Gasteiger partial charge in [0.15, 0.2) is 0 Å². The Balaban J connectivity index is 2.17. The summed E-state index contributed by atoms with van der Waals surface area (Å²) in [5, 5.41) is 0. The fraction of sp³-hybridized carbons (Fsp3) is 0.200. The van der Waals surface area contributed by atoms with Crippen molar-refractivity contribution in [3.63, 3.8) is 0 Å². The first kappa shape index (κ1) is 12.3. The topological polar surface area (TPSA) is 0 Å². The van der Waals surface area contributed by atoms with Crippen LogP contribution in [0.2, 0.25) is 0 Å². The molecule has 17 heavy (non-hydrogen) atoms. The van der Waals surface area contributed by atoms with Gasteiger partial charge in [0.25, 0.3) is 0 Å². The number of hydrogen-bond donors (Lipinski definition) is 0. The van der Waals surface area contributed by atoms with Crippen LogP contribution >= 0.6 is 15.9 Å². The molecule has 0 saturated carbocycles. The number of aryl methyl sites for hydroxylation is 1. The summed E-state index contributed by atoms with van der Waals surface area (Å²) in [6, 6.07) is 15.2. The third-order valence-electron chi connectivity index (χ3n) is 2.76. The largest absolute Gasteiger partial charge is 0.207 e. The van der Waals surface area contributed by atoms with E-state index in [4.69, 9.17) is 0 Å². The normalized spacial score (nSPS) is 12.4. The summed E-state index contributed by atoms with van der Waals surface area (Å²) in [4.78, 5) is 0.152. The van der Waals surface area contributed by atoms with E-state index in [2.05, 4.69) is 41.1 Å². The number of hydrogen-bond acceptors (Lipinski definition) is 0. The summed E-state index contributed by atoms with van der Waals surface area (Å²) >= 11 is 3.62. The summed E-state index contributed by atoms with van der Waals surface area (Å²) in [6.07, 6.45) is 0.663. The van der Waals surface area contributed by atoms with Crippen LogP contribution in [0.3, 0.4) is 0 Å². The number of benzene rings is 2. The second kappa shape index (κ2) is 5.46. The Morgan fingerprint density at radius 2 is 1.88 bits per heavy atom. The average Bonchev–Trinajstić information content (AvgIpc) is 2.32. The molecule has 2 aromatic rings. The van der Waals surface area contributed by atoms with Gasteiger partial charge in [0, 0.05) is 4.83 Å².